The van der Waals surface area contributed by atoms with Gasteiger partial charge in [-0.05, 0) is 169 Å². The second kappa shape index (κ2) is 16.3. The zero-order chi connectivity index (χ0) is 49.1. The Morgan fingerprint density at radius 2 is 0.493 bits per heavy atom. The van der Waals surface area contributed by atoms with Crippen LogP contribution in [0.1, 0.15) is 0 Å². The minimum Gasteiger partial charge on any atom is -0.309 e. The van der Waals surface area contributed by atoms with Gasteiger partial charge in [-0.2, -0.15) is 0 Å². The average Bonchev–Trinajstić information content (AvgIpc) is 4.23. The Balaban J connectivity index is 0.894. The van der Waals surface area contributed by atoms with Crippen LogP contribution in [0.25, 0.3) is 160 Å². The van der Waals surface area contributed by atoms with Gasteiger partial charge in [0.2, 0.25) is 0 Å². The van der Waals surface area contributed by atoms with Crippen LogP contribution < -0.4 is 0 Å². The molecule has 0 unspecified atom stereocenters. The standard InChI is InChI=1S/C74H45N/c1-6-18-46(19-7-1)55-36-38-57(48-22-10-3-11-23-48)73-63-40-34-53(59-28-16-30-61(69(59)63)71(55)73)50-32-42-67-65(44-50)66-45-51(33-43-68(66)75(67)52-26-14-5-15-27-52)54-35-41-64-70-60(54)29-17-31-62(70)72-56(47-20-8-2-9-21-47)37-39-58(74(64)72)49-24-12-4-13-25-49/h1-45H. The van der Waals surface area contributed by atoms with E-state index in [4.69, 9.17) is 0 Å². The zero-order valence-corrected chi connectivity index (χ0v) is 40.9. The minimum atomic E-state index is 1.15. The highest BCUT2D eigenvalue weighted by Crippen LogP contribution is 2.58. The summed E-state index contributed by atoms with van der Waals surface area (Å²) >= 11 is 0. The molecule has 2 aliphatic rings. The fraction of sp³-hybridized carbons (Fsp3) is 0. The molecule has 0 atom stereocenters. The van der Waals surface area contributed by atoms with Crippen molar-refractivity contribution in [3.05, 3.63) is 273 Å². The van der Waals surface area contributed by atoms with Gasteiger partial charge in [0.25, 0.3) is 0 Å². The maximum atomic E-state index is 2.46. The predicted octanol–water partition coefficient (Wildman–Crippen LogP) is 20.4. The fourth-order valence-electron chi connectivity index (χ4n) is 13.1. The lowest BCUT2D eigenvalue weighted by Gasteiger charge is -2.15. The third-order valence-electron chi connectivity index (χ3n) is 16.3. The number of hydrogen-bond acceptors (Lipinski definition) is 0. The van der Waals surface area contributed by atoms with Crippen LogP contribution in [0, 0.1) is 0 Å². The van der Waals surface area contributed by atoms with Gasteiger partial charge in [-0.3, -0.25) is 0 Å². The first-order valence-corrected chi connectivity index (χ1v) is 26.1. The van der Waals surface area contributed by atoms with Crippen molar-refractivity contribution in [3.8, 4) is 117 Å². The van der Waals surface area contributed by atoms with Gasteiger partial charge < -0.3 is 4.57 Å². The van der Waals surface area contributed by atoms with E-state index in [0.29, 0.717) is 0 Å². The number of benzene rings is 13. The van der Waals surface area contributed by atoms with Crippen molar-refractivity contribution in [2.45, 2.75) is 0 Å². The van der Waals surface area contributed by atoms with Gasteiger partial charge in [0.1, 0.15) is 0 Å². The zero-order valence-electron chi connectivity index (χ0n) is 40.9. The van der Waals surface area contributed by atoms with Crippen molar-refractivity contribution in [3.63, 3.8) is 0 Å². The Morgan fingerprint density at radius 1 is 0.187 bits per heavy atom. The smallest absolute Gasteiger partial charge is 0.0541 e. The van der Waals surface area contributed by atoms with Crippen molar-refractivity contribution < 1.29 is 0 Å². The topological polar surface area (TPSA) is 4.93 Å². The molecule has 0 radical (unpaired) electrons. The summed E-state index contributed by atoms with van der Waals surface area (Å²) < 4.78 is 2.44. The van der Waals surface area contributed by atoms with E-state index in [1.807, 2.05) is 0 Å². The fourth-order valence-corrected chi connectivity index (χ4v) is 13.1. The Hall–Kier alpha value is -9.82. The normalized spacial score (nSPS) is 12.0. The average molecular weight is 948 g/mol. The summed E-state index contributed by atoms with van der Waals surface area (Å²) in [5.74, 6) is 0. The molecular formula is C74H45N. The van der Waals surface area contributed by atoms with Gasteiger partial charge in [0, 0.05) is 16.5 Å². The summed E-state index contributed by atoms with van der Waals surface area (Å²) in [7, 11) is 0. The molecule has 1 heterocycles. The van der Waals surface area contributed by atoms with E-state index >= 15 is 0 Å². The van der Waals surface area contributed by atoms with Gasteiger partial charge in [-0.15, -0.1) is 0 Å². The molecule has 0 N–H and O–H groups in total. The highest BCUT2D eigenvalue weighted by Gasteiger charge is 2.31. The van der Waals surface area contributed by atoms with Crippen molar-refractivity contribution in [1.82, 2.24) is 4.57 Å². The van der Waals surface area contributed by atoms with Crippen LogP contribution in [0.3, 0.4) is 0 Å². The quantitative estimate of drug-likeness (QED) is 0.150. The van der Waals surface area contributed by atoms with E-state index in [-0.39, 0.29) is 0 Å². The Labute approximate surface area is 435 Å². The number of nitrogens with zero attached hydrogens (tertiary/aromatic N) is 1. The molecule has 0 saturated heterocycles. The minimum absolute atomic E-state index is 1.15. The molecule has 0 saturated carbocycles. The predicted molar refractivity (Wildman–Crippen MR) is 317 cm³/mol. The number of fused-ring (bicyclic) bond motifs is 9. The molecule has 0 fully saturated rings. The summed E-state index contributed by atoms with van der Waals surface area (Å²) in [5.41, 5.74) is 28.8. The lowest BCUT2D eigenvalue weighted by atomic mass is 9.88. The Bertz CT molecular complexity index is 4220. The Kier molecular flexibility index (Phi) is 9.10. The number of para-hydroxylation sites is 1. The first-order valence-electron chi connectivity index (χ1n) is 26.1. The van der Waals surface area contributed by atoms with Crippen molar-refractivity contribution in [2.24, 2.45) is 0 Å². The van der Waals surface area contributed by atoms with Crippen molar-refractivity contribution in [1.29, 1.82) is 0 Å². The van der Waals surface area contributed by atoms with E-state index in [2.05, 4.69) is 278 Å². The summed E-state index contributed by atoms with van der Waals surface area (Å²) in [6, 6.07) is 101. The molecule has 0 spiro atoms. The van der Waals surface area contributed by atoms with Crippen molar-refractivity contribution >= 4 is 43.4 Å². The second-order valence-electron chi connectivity index (χ2n) is 20.2. The molecule has 1 nitrogen and oxygen atoms in total. The monoisotopic (exact) mass is 947 g/mol. The van der Waals surface area contributed by atoms with Crippen LogP contribution in [0.15, 0.2) is 273 Å². The molecule has 13 aromatic carbocycles. The summed E-state index contributed by atoms with van der Waals surface area (Å²) in [6.07, 6.45) is 0. The van der Waals surface area contributed by atoms with Crippen LogP contribution in [0.2, 0.25) is 0 Å². The highest BCUT2D eigenvalue weighted by atomic mass is 15.0. The number of hydrogen-bond donors (Lipinski definition) is 0. The molecule has 0 amide bonds. The van der Waals surface area contributed by atoms with Crippen LogP contribution in [-0.2, 0) is 0 Å². The SMILES string of the molecule is c1ccc(-c2ccc(-c3ccccc3)c3c2-c2cccc4c(-c5ccc6c(c5)c5cc(-c7ccc8c9c(cccc79)-c7c(-c9ccccc9)ccc(-c9ccccc9)c7-8)ccc5n6-c5ccccc5)ccc-3c24)cc1. The molecule has 75 heavy (non-hydrogen) atoms. The first kappa shape index (κ1) is 41.8. The second-order valence-corrected chi connectivity index (χ2v) is 20.2. The van der Waals surface area contributed by atoms with Gasteiger partial charge in [-0.25, -0.2) is 0 Å². The molecule has 346 valence electrons. The van der Waals surface area contributed by atoms with Gasteiger partial charge >= 0.3 is 0 Å². The van der Waals surface area contributed by atoms with E-state index in [1.54, 1.807) is 0 Å². The first-order chi connectivity index (χ1) is 37.2. The van der Waals surface area contributed by atoms with E-state index < -0.39 is 0 Å². The summed E-state index contributed by atoms with van der Waals surface area (Å²) in [6.45, 7) is 0. The van der Waals surface area contributed by atoms with Crippen LogP contribution in [0.4, 0.5) is 0 Å². The van der Waals surface area contributed by atoms with E-state index in [0.717, 1.165) is 5.69 Å². The summed E-state index contributed by atoms with van der Waals surface area (Å²) in [5, 5.41) is 7.64. The molecule has 16 rings (SSSR count). The molecule has 1 aromatic heterocycles. The maximum absolute atomic E-state index is 2.46. The van der Waals surface area contributed by atoms with Gasteiger partial charge in [0.15, 0.2) is 0 Å². The lowest BCUT2D eigenvalue weighted by Crippen LogP contribution is -1.93. The third-order valence-corrected chi connectivity index (χ3v) is 16.3. The molecule has 2 aliphatic carbocycles. The van der Waals surface area contributed by atoms with Gasteiger partial charge in [-0.1, -0.05) is 237 Å². The summed E-state index contributed by atoms with van der Waals surface area (Å²) in [4.78, 5) is 0. The number of rotatable bonds is 7. The third kappa shape index (κ3) is 6.19. The number of aromatic nitrogens is 1. The molecular weight excluding hydrogens is 903 g/mol. The molecule has 14 aromatic rings. The van der Waals surface area contributed by atoms with Crippen LogP contribution >= 0.6 is 0 Å². The largest absolute Gasteiger partial charge is 0.309 e. The Morgan fingerprint density at radius 3 is 0.853 bits per heavy atom. The van der Waals surface area contributed by atoms with Crippen molar-refractivity contribution in [2.75, 3.05) is 0 Å². The highest BCUT2D eigenvalue weighted by molar-refractivity contribution is 6.25. The van der Waals surface area contributed by atoms with Gasteiger partial charge in [0.05, 0.1) is 11.0 Å². The molecule has 1 heteroatoms. The van der Waals surface area contributed by atoms with Crippen LogP contribution in [0.5, 0.6) is 0 Å². The molecule has 0 bridgehead atoms. The maximum Gasteiger partial charge on any atom is 0.0541 e. The van der Waals surface area contributed by atoms with Crippen LogP contribution in [-0.4, -0.2) is 4.57 Å². The van der Waals surface area contributed by atoms with E-state index in [9.17, 15) is 0 Å². The lowest BCUT2D eigenvalue weighted by molar-refractivity contribution is 1.18. The van der Waals surface area contributed by atoms with E-state index in [1.165, 1.54) is 155 Å². The molecule has 0 aliphatic heterocycles.